The minimum absolute atomic E-state index is 0.161. The van der Waals surface area contributed by atoms with Gasteiger partial charge >= 0.3 is 5.51 Å². The average molecular weight is 383 g/mol. The number of hydrogen-bond acceptors (Lipinski definition) is 2. The molecule has 0 bridgehead atoms. The van der Waals surface area contributed by atoms with Gasteiger partial charge in [0.25, 0.3) is 0 Å². The highest BCUT2D eigenvalue weighted by Gasteiger charge is 2.47. The summed E-state index contributed by atoms with van der Waals surface area (Å²) >= 11 is -0.466. The molecular weight excluding hydrogens is 362 g/mol. The molecule has 0 saturated heterocycles. The molecule has 0 amide bonds. The monoisotopic (exact) mass is 383 g/mol. The molecule has 0 aliphatic heterocycles. The molecule has 0 spiro atoms. The van der Waals surface area contributed by atoms with Crippen LogP contribution in [0.4, 0.5) is 17.6 Å². The summed E-state index contributed by atoms with van der Waals surface area (Å²) in [5, 5.41) is 0. The summed E-state index contributed by atoms with van der Waals surface area (Å²) in [6.07, 6.45) is 1.79. The maximum absolute atomic E-state index is 14.1. The molecule has 2 unspecified atom stereocenters. The normalized spacial score (nSPS) is 19.8. The fraction of sp³-hybridized carbons (Fsp3) is 0.625. The molecule has 8 heteroatoms. The van der Waals surface area contributed by atoms with Crippen LogP contribution in [0.3, 0.4) is 0 Å². The Bertz CT molecular complexity index is 636. The standard InChI is InChI=1S/C16H21F4NOS2/c1-14(2,3)24(22)21-13(15(4)7-8-15)10-5-6-12(11(17)9-10)23-16(18,19)20/h5-6,9,13,21H,7-8H2,1-4H3. The van der Waals surface area contributed by atoms with Crippen LogP contribution in [0.5, 0.6) is 0 Å². The van der Waals surface area contributed by atoms with Gasteiger partial charge in [-0.3, -0.25) is 0 Å². The molecule has 2 atom stereocenters. The van der Waals surface area contributed by atoms with Gasteiger partial charge in [0.1, 0.15) is 5.82 Å². The van der Waals surface area contributed by atoms with Gasteiger partial charge in [-0.1, -0.05) is 13.0 Å². The number of benzene rings is 1. The van der Waals surface area contributed by atoms with Gasteiger partial charge in [0, 0.05) is 6.04 Å². The molecule has 2 rings (SSSR count). The van der Waals surface area contributed by atoms with E-state index in [9.17, 15) is 21.8 Å². The van der Waals surface area contributed by atoms with Crippen molar-refractivity contribution >= 4 is 22.7 Å². The van der Waals surface area contributed by atoms with Crippen LogP contribution in [0.2, 0.25) is 0 Å². The molecule has 1 aromatic carbocycles. The summed E-state index contributed by atoms with van der Waals surface area (Å²) < 4.78 is 66.3. The predicted octanol–water partition coefficient (Wildman–Crippen LogP) is 5.33. The van der Waals surface area contributed by atoms with Gasteiger partial charge in [-0.05, 0) is 68.5 Å². The lowest BCUT2D eigenvalue weighted by Gasteiger charge is -2.29. The van der Waals surface area contributed by atoms with Crippen LogP contribution in [0.15, 0.2) is 23.1 Å². The van der Waals surface area contributed by atoms with E-state index in [4.69, 9.17) is 0 Å². The first kappa shape index (κ1) is 19.7. The molecule has 1 aromatic rings. The number of halogens is 4. The molecule has 0 heterocycles. The molecular formula is C16H21F4NOS2. The van der Waals surface area contributed by atoms with Crippen molar-refractivity contribution in [1.29, 1.82) is 0 Å². The van der Waals surface area contributed by atoms with E-state index >= 15 is 0 Å². The van der Waals surface area contributed by atoms with Gasteiger partial charge in [0.15, 0.2) is 0 Å². The molecule has 1 fully saturated rings. The Balaban J connectivity index is 2.28. The second kappa shape index (κ2) is 6.61. The van der Waals surface area contributed by atoms with Crippen molar-refractivity contribution in [3.63, 3.8) is 0 Å². The first-order chi connectivity index (χ1) is 10.8. The molecule has 0 aromatic heterocycles. The van der Waals surface area contributed by atoms with Crippen LogP contribution in [0, 0.1) is 11.2 Å². The number of rotatable bonds is 5. The van der Waals surface area contributed by atoms with Crippen molar-refractivity contribution in [2.75, 3.05) is 0 Å². The van der Waals surface area contributed by atoms with E-state index in [1.165, 1.54) is 6.07 Å². The second-order valence-electron chi connectivity index (χ2n) is 7.32. The number of alkyl halides is 3. The minimum atomic E-state index is -4.53. The van der Waals surface area contributed by atoms with E-state index in [0.29, 0.717) is 5.56 Å². The fourth-order valence-electron chi connectivity index (χ4n) is 2.29. The number of nitrogens with one attached hydrogen (secondary N) is 1. The highest BCUT2D eigenvalue weighted by atomic mass is 32.2. The van der Waals surface area contributed by atoms with Crippen LogP contribution < -0.4 is 4.72 Å². The Kier molecular flexibility index (Phi) is 5.43. The average Bonchev–Trinajstić information content (AvgIpc) is 3.14. The van der Waals surface area contributed by atoms with E-state index in [0.717, 1.165) is 25.0 Å². The Morgan fingerprint density at radius 1 is 1.25 bits per heavy atom. The maximum atomic E-state index is 14.1. The summed E-state index contributed by atoms with van der Waals surface area (Å²) in [7, 11) is -1.36. The highest BCUT2D eigenvalue weighted by molar-refractivity contribution is 8.00. The van der Waals surface area contributed by atoms with Crippen molar-refractivity contribution in [2.45, 2.75) is 61.7 Å². The molecule has 24 heavy (non-hydrogen) atoms. The van der Waals surface area contributed by atoms with E-state index in [1.807, 2.05) is 27.7 Å². The molecule has 1 N–H and O–H groups in total. The maximum Gasteiger partial charge on any atom is 0.446 e. The Labute approximate surface area is 146 Å². The zero-order valence-electron chi connectivity index (χ0n) is 14.0. The van der Waals surface area contributed by atoms with Crippen molar-refractivity contribution < 1.29 is 21.8 Å². The third-order valence-electron chi connectivity index (χ3n) is 4.03. The highest BCUT2D eigenvalue weighted by Crippen LogP contribution is 2.55. The van der Waals surface area contributed by atoms with E-state index in [2.05, 4.69) is 4.72 Å². The van der Waals surface area contributed by atoms with Gasteiger partial charge < -0.3 is 0 Å². The Morgan fingerprint density at radius 3 is 2.25 bits per heavy atom. The van der Waals surface area contributed by atoms with Crippen LogP contribution in [-0.4, -0.2) is 14.5 Å². The molecule has 2 nitrogen and oxygen atoms in total. The van der Waals surface area contributed by atoms with Gasteiger partial charge in [-0.15, -0.1) is 0 Å². The Morgan fingerprint density at radius 2 is 1.83 bits per heavy atom. The van der Waals surface area contributed by atoms with Crippen LogP contribution in [-0.2, 0) is 11.0 Å². The van der Waals surface area contributed by atoms with Crippen molar-refractivity contribution in [1.82, 2.24) is 4.72 Å². The molecule has 1 aliphatic carbocycles. The van der Waals surface area contributed by atoms with E-state index < -0.39 is 43.7 Å². The summed E-state index contributed by atoms with van der Waals surface area (Å²) in [5.74, 6) is -0.910. The first-order valence-corrected chi connectivity index (χ1v) is 9.52. The third-order valence-corrected chi connectivity index (χ3v) is 6.38. The number of thioether (sulfide) groups is 1. The SMILES string of the molecule is CC1(C(NS(=O)C(C)(C)C)c2ccc(SC(F)(F)F)c(F)c2)CC1. The van der Waals surface area contributed by atoms with Crippen LogP contribution >= 0.6 is 11.8 Å². The number of hydrogen-bond donors (Lipinski definition) is 1. The van der Waals surface area contributed by atoms with E-state index in [1.54, 1.807) is 0 Å². The third kappa shape index (κ3) is 4.95. The summed E-state index contributed by atoms with van der Waals surface area (Å²) in [5.41, 5.74) is -4.17. The quantitative estimate of drug-likeness (QED) is 0.550. The molecule has 0 radical (unpaired) electrons. The summed E-state index contributed by atoms with van der Waals surface area (Å²) in [4.78, 5) is -0.456. The van der Waals surface area contributed by atoms with Gasteiger partial charge in [0.05, 0.1) is 20.6 Å². The smallest absolute Gasteiger partial charge is 0.242 e. The first-order valence-electron chi connectivity index (χ1n) is 7.55. The van der Waals surface area contributed by atoms with Crippen LogP contribution in [0.25, 0.3) is 0 Å². The van der Waals surface area contributed by atoms with Gasteiger partial charge in [-0.25, -0.2) is 13.3 Å². The Hall–Kier alpha value is -0.600. The lowest BCUT2D eigenvalue weighted by molar-refractivity contribution is -0.0329. The largest absolute Gasteiger partial charge is 0.446 e. The summed E-state index contributed by atoms with van der Waals surface area (Å²) in [6, 6.07) is 3.38. The van der Waals surface area contributed by atoms with Gasteiger partial charge in [0.2, 0.25) is 0 Å². The van der Waals surface area contributed by atoms with Crippen molar-refractivity contribution in [3.05, 3.63) is 29.6 Å². The summed E-state index contributed by atoms with van der Waals surface area (Å²) in [6.45, 7) is 7.48. The van der Waals surface area contributed by atoms with Gasteiger partial charge in [-0.2, -0.15) is 13.2 Å². The fourth-order valence-corrected chi connectivity index (χ4v) is 3.82. The van der Waals surface area contributed by atoms with E-state index in [-0.39, 0.29) is 11.5 Å². The molecule has 136 valence electrons. The lowest BCUT2D eigenvalue weighted by atomic mass is 9.93. The topological polar surface area (TPSA) is 29.1 Å². The van der Waals surface area contributed by atoms with Crippen molar-refractivity contribution in [2.24, 2.45) is 5.41 Å². The molecule has 1 saturated carbocycles. The van der Waals surface area contributed by atoms with Crippen LogP contribution in [0.1, 0.15) is 52.1 Å². The van der Waals surface area contributed by atoms with Crippen molar-refractivity contribution in [3.8, 4) is 0 Å². The zero-order valence-corrected chi connectivity index (χ0v) is 15.6. The lowest BCUT2D eigenvalue weighted by Crippen LogP contribution is -2.38. The predicted molar refractivity (Wildman–Crippen MR) is 89.4 cm³/mol. The molecule has 1 aliphatic rings. The minimum Gasteiger partial charge on any atom is -0.242 e. The zero-order chi connectivity index (χ0) is 18.3. The second-order valence-corrected chi connectivity index (χ2v) is 10.4.